The van der Waals surface area contributed by atoms with Gasteiger partial charge in [0.1, 0.15) is 23.5 Å². The highest BCUT2D eigenvalue weighted by Gasteiger charge is 2.11. The van der Waals surface area contributed by atoms with Gasteiger partial charge in [0.25, 0.3) is 0 Å². The van der Waals surface area contributed by atoms with Crippen LogP contribution in [0.25, 0.3) is 11.3 Å². The van der Waals surface area contributed by atoms with Crippen LogP contribution in [0.1, 0.15) is 11.1 Å². The van der Waals surface area contributed by atoms with Crippen molar-refractivity contribution in [3.05, 3.63) is 70.6 Å². The molecule has 0 saturated carbocycles. The van der Waals surface area contributed by atoms with E-state index >= 15 is 0 Å². The molecule has 25 heavy (non-hydrogen) atoms. The third-order valence-electron chi connectivity index (χ3n) is 3.52. The van der Waals surface area contributed by atoms with Crippen molar-refractivity contribution in [2.75, 3.05) is 11.1 Å². The molecule has 0 aliphatic heterocycles. The molecule has 0 aliphatic rings. The van der Waals surface area contributed by atoms with Gasteiger partial charge in [0.2, 0.25) is 0 Å². The van der Waals surface area contributed by atoms with E-state index in [4.69, 9.17) is 17.3 Å². The Morgan fingerprint density at radius 3 is 2.84 bits per heavy atom. The number of nitrogens with two attached hydrogens (primary N) is 1. The molecule has 0 fully saturated rings. The molecule has 3 rings (SSSR count). The van der Waals surface area contributed by atoms with Gasteiger partial charge >= 0.3 is 0 Å². The van der Waals surface area contributed by atoms with Crippen molar-refractivity contribution in [2.45, 2.75) is 6.54 Å². The number of nitriles is 1. The lowest BCUT2D eigenvalue weighted by molar-refractivity contribution is 0.626. The van der Waals surface area contributed by atoms with Crippen LogP contribution in [-0.2, 0) is 6.54 Å². The molecule has 0 unspecified atom stereocenters. The zero-order chi connectivity index (χ0) is 17.8. The van der Waals surface area contributed by atoms with E-state index in [1.807, 2.05) is 0 Å². The predicted molar refractivity (Wildman–Crippen MR) is 95.3 cm³/mol. The zero-order valence-electron chi connectivity index (χ0n) is 13.0. The average molecular weight is 354 g/mol. The maximum atomic E-state index is 13.3. The Hall–Kier alpha value is -3.17. The van der Waals surface area contributed by atoms with E-state index in [0.717, 1.165) is 5.56 Å². The minimum absolute atomic E-state index is 0.319. The number of aromatic nitrogens is 2. The van der Waals surface area contributed by atoms with Crippen LogP contribution in [0.2, 0.25) is 5.02 Å². The molecule has 2 heterocycles. The van der Waals surface area contributed by atoms with E-state index in [1.54, 1.807) is 30.3 Å². The van der Waals surface area contributed by atoms with Crippen LogP contribution in [0.3, 0.4) is 0 Å². The SMILES string of the molecule is N#Cc1ccc(-c2cc(N)ncc2Cl)nc1NCc1cccc(F)c1. The summed E-state index contributed by atoms with van der Waals surface area (Å²) in [6, 6.07) is 13.2. The number of halogens is 2. The molecular formula is C18H13ClFN5. The minimum atomic E-state index is -0.319. The van der Waals surface area contributed by atoms with Crippen molar-refractivity contribution in [3.63, 3.8) is 0 Å². The molecule has 0 spiro atoms. The highest BCUT2D eigenvalue weighted by atomic mass is 35.5. The molecule has 2 aromatic heterocycles. The smallest absolute Gasteiger partial charge is 0.144 e. The summed E-state index contributed by atoms with van der Waals surface area (Å²) in [5, 5.41) is 12.7. The maximum absolute atomic E-state index is 13.3. The number of pyridine rings is 2. The number of rotatable bonds is 4. The van der Waals surface area contributed by atoms with Crippen molar-refractivity contribution in [1.82, 2.24) is 9.97 Å². The summed E-state index contributed by atoms with van der Waals surface area (Å²) in [5.74, 6) is 0.385. The summed E-state index contributed by atoms with van der Waals surface area (Å²) in [6.07, 6.45) is 1.45. The van der Waals surface area contributed by atoms with E-state index in [1.165, 1.54) is 18.3 Å². The van der Waals surface area contributed by atoms with E-state index in [-0.39, 0.29) is 5.82 Å². The fourth-order valence-electron chi connectivity index (χ4n) is 2.32. The summed E-state index contributed by atoms with van der Waals surface area (Å²) >= 11 is 6.16. The molecule has 1 aromatic carbocycles. The summed E-state index contributed by atoms with van der Waals surface area (Å²) in [7, 11) is 0. The van der Waals surface area contributed by atoms with Crippen LogP contribution in [0.4, 0.5) is 16.0 Å². The second-order valence-electron chi connectivity index (χ2n) is 5.28. The van der Waals surface area contributed by atoms with Gasteiger partial charge in [-0.15, -0.1) is 0 Å². The number of hydrogen-bond donors (Lipinski definition) is 2. The van der Waals surface area contributed by atoms with Gasteiger partial charge in [-0.25, -0.2) is 14.4 Å². The Morgan fingerprint density at radius 2 is 2.08 bits per heavy atom. The average Bonchev–Trinajstić information content (AvgIpc) is 2.62. The van der Waals surface area contributed by atoms with E-state index in [2.05, 4.69) is 21.4 Å². The molecule has 3 N–H and O–H groups in total. The summed E-state index contributed by atoms with van der Waals surface area (Å²) < 4.78 is 13.3. The first-order chi connectivity index (χ1) is 12.1. The molecule has 0 radical (unpaired) electrons. The van der Waals surface area contributed by atoms with Crippen molar-refractivity contribution >= 4 is 23.2 Å². The Labute approximate surface area is 148 Å². The van der Waals surface area contributed by atoms with Crippen LogP contribution in [-0.4, -0.2) is 9.97 Å². The molecule has 0 aliphatic carbocycles. The van der Waals surface area contributed by atoms with Crippen molar-refractivity contribution in [2.24, 2.45) is 0 Å². The monoisotopic (exact) mass is 353 g/mol. The number of nitrogens with zero attached hydrogens (tertiary/aromatic N) is 3. The summed E-state index contributed by atoms with van der Waals surface area (Å²) in [6.45, 7) is 0.328. The molecule has 0 amide bonds. The lowest BCUT2D eigenvalue weighted by Crippen LogP contribution is -2.04. The standard InChI is InChI=1S/C18H13ClFN5/c19-15-10-23-17(22)7-14(15)16-5-4-12(8-21)18(25-16)24-9-11-2-1-3-13(20)6-11/h1-7,10H,9H2,(H2,22,23)(H,24,25). The number of nitrogen functional groups attached to an aromatic ring is 1. The van der Waals surface area contributed by atoms with Crippen LogP contribution in [0.15, 0.2) is 48.7 Å². The minimum Gasteiger partial charge on any atom is -0.384 e. The van der Waals surface area contributed by atoms with Crippen LogP contribution >= 0.6 is 11.6 Å². The molecule has 0 bridgehead atoms. The topological polar surface area (TPSA) is 87.6 Å². The second-order valence-corrected chi connectivity index (χ2v) is 5.68. The molecule has 3 aromatic rings. The second kappa shape index (κ2) is 7.16. The largest absolute Gasteiger partial charge is 0.384 e. The van der Waals surface area contributed by atoms with Crippen LogP contribution in [0.5, 0.6) is 0 Å². The van der Waals surface area contributed by atoms with Gasteiger partial charge in [-0.2, -0.15) is 5.26 Å². The number of nitrogens with one attached hydrogen (secondary N) is 1. The third kappa shape index (κ3) is 3.84. The molecule has 124 valence electrons. The Bertz CT molecular complexity index is 968. The highest BCUT2D eigenvalue weighted by Crippen LogP contribution is 2.29. The van der Waals surface area contributed by atoms with E-state index < -0.39 is 0 Å². The predicted octanol–water partition coefficient (Wildman–Crippen LogP) is 4.00. The Balaban J connectivity index is 1.93. The zero-order valence-corrected chi connectivity index (χ0v) is 13.8. The van der Waals surface area contributed by atoms with Gasteiger partial charge in [-0.1, -0.05) is 23.7 Å². The van der Waals surface area contributed by atoms with E-state index in [9.17, 15) is 9.65 Å². The Kier molecular flexibility index (Phi) is 4.78. The summed E-state index contributed by atoms with van der Waals surface area (Å²) in [5.41, 5.74) is 7.99. The van der Waals surface area contributed by atoms with Gasteiger partial charge < -0.3 is 11.1 Å². The fraction of sp³-hybridized carbons (Fsp3) is 0.0556. The van der Waals surface area contributed by atoms with E-state index in [0.29, 0.717) is 40.0 Å². The number of hydrogen-bond acceptors (Lipinski definition) is 5. The van der Waals surface area contributed by atoms with Crippen molar-refractivity contribution in [3.8, 4) is 17.3 Å². The van der Waals surface area contributed by atoms with Gasteiger partial charge in [0, 0.05) is 18.3 Å². The molecule has 5 nitrogen and oxygen atoms in total. The molecule has 0 atom stereocenters. The number of benzene rings is 1. The first kappa shape index (κ1) is 16.7. The first-order valence-corrected chi connectivity index (χ1v) is 7.75. The lowest BCUT2D eigenvalue weighted by Gasteiger charge is -2.11. The van der Waals surface area contributed by atoms with Gasteiger partial charge in [-0.05, 0) is 35.9 Å². The normalized spacial score (nSPS) is 10.3. The van der Waals surface area contributed by atoms with Crippen molar-refractivity contribution < 1.29 is 4.39 Å². The third-order valence-corrected chi connectivity index (χ3v) is 3.82. The Morgan fingerprint density at radius 1 is 1.24 bits per heavy atom. The fourth-order valence-corrected chi connectivity index (χ4v) is 2.52. The maximum Gasteiger partial charge on any atom is 0.144 e. The highest BCUT2D eigenvalue weighted by molar-refractivity contribution is 6.33. The molecule has 7 heteroatoms. The summed E-state index contributed by atoms with van der Waals surface area (Å²) in [4.78, 5) is 8.38. The van der Waals surface area contributed by atoms with Crippen LogP contribution < -0.4 is 11.1 Å². The van der Waals surface area contributed by atoms with Crippen LogP contribution in [0, 0.1) is 17.1 Å². The first-order valence-electron chi connectivity index (χ1n) is 7.37. The molecular weight excluding hydrogens is 341 g/mol. The van der Waals surface area contributed by atoms with Gasteiger partial charge in [0.15, 0.2) is 0 Å². The van der Waals surface area contributed by atoms with Gasteiger partial charge in [-0.3, -0.25) is 0 Å². The number of anilines is 2. The van der Waals surface area contributed by atoms with Gasteiger partial charge in [0.05, 0.1) is 16.3 Å². The van der Waals surface area contributed by atoms with Crippen molar-refractivity contribution in [1.29, 1.82) is 5.26 Å². The molecule has 0 saturated heterocycles. The quantitative estimate of drug-likeness (QED) is 0.740. The lowest BCUT2D eigenvalue weighted by atomic mass is 10.1.